The zero-order chi connectivity index (χ0) is 24.7. The fourth-order valence-electron chi connectivity index (χ4n) is 4.70. The van der Waals surface area contributed by atoms with E-state index in [2.05, 4.69) is 20.9 Å². The van der Waals surface area contributed by atoms with E-state index in [0.29, 0.717) is 17.1 Å². The minimum Gasteiger partial charge on any atom is -0.495 e. The van der Waals surface area contributed by atoms with Gasteiger partial charge in [0, 0.05) is 6.04 Å². The summed E-state index contributed by atoms with van der Waals surface area (Å²) in [5.41, 5.74) is 1.04. The van der Waals surface area contributed by atoms with Crippen molar-refractivity contribution in [2.75, 3.05) is 19.0 Å². The number of hydrogen-bond acceptors (Lipinski definition) is 7. The summed E-state index contributed by atoms with van der Waals surface area (Å²) in [6.07, 6.45) is 5.68. The van der Waals surface area contributed by atoms with Gasteiger partial charge in [-0.1, -0.05) is 19.3 Å². The number of carboxylic acid groups (broad SMARTS) is 1. The third-order valence-electron chi connectivity index (χ3n) is 6.39. The van der Waals surface area contributed by atoms with Crippen molar-refractivity contribution in [1.29, 1.82) is 0 Å². The molecule has 1 aromatic rings. The van der Waals surface area contributed by atoms with Gasteiger partial charge in [-0.15, -0.1) is 0 Å². The first-order chi connectivity index (χ1) is 16.0. The average Bonchev–Trinajstić information content (AvgIpc) is 2.89. The minimum atomic E-state index is -3.58. The second-order valence-corrected chi connectivity index (χ2v) is 9.12. The van der Waals surface area contributed by atoms with Crippen LogP contribution < -0.4 is 20.7 Å². The molecule has 34 heavy (non-hydrogen) atoms. The van der Waals surface area contributed by atoms with Crippen LogP contribution in [0.5, 0.6) is 5.75 Å². The minimum absolute atomic E-state index is 0.0142. The van der Waals surface area contributed by atoms with E-state index in [4.69, 9.17) is 4.74 Å². The van der Waals surface area contributed by atoms with Crippen LogP contribution in [-0.4, -0.2) is 59.5 Å². The number of anilines is 1. The largest absolute Gasteiger partial charge is 0.495 e. The Labute approximate surface area is 196 Å². The molecule has 2 heterocycles. The number of nitrogens with zero attached hydrogens (tertiary/aromatic N) is 2. The Morgan fingerprint density at radius 1 is 1.29 bits per heavy atom. The summed E-state index contributed by atoms with van der Waals surface area (Å²) in [5, 5.41) is 18.3. The lowest BCUT2D eigenvalue weighted by molar-refractivity contribution is -0.146. The number of aromatic carboxylic acids is 1. The van der Waals surface area contributed by atoms with Crippen LogP contribution >= 0.6 is 0 Å². The highest BCUT2D eigenvalue weighted by molar-refractivity contribution is 5.97. The van der Waals surface area contributed by atoms with Crippen molar-refractivity contribution in [2.45, 2.75) is 63.7 Å². The third kappa shape index (κ3) is 4.51. The summed E-state index contributed by atoms with van der Waals surface area (Å²) in [7, 11) is 1.43. The topological polar surface area (TPSA) is 115 Å². The maximum Gasteiger partial charge on any atom is 0.341 e. The van der Waals surface area contributed by atoms with Crippen molar-refractivity contribution >= 4 is 23.8 Å². The monoisotopic (exact) mass is 477 g/mol. The Kier molecular flexibility index (Phi) is 6.13. The number of amides is 1. The Bertz CT molecular complexity index is 1070. The molecule has 1 aromatic carbocycles. The molecule has 3 aliphatic rings. The highest BCUT2D eigenvalue weighted by Crippen LogP contribution is 2.36. The fourth-order valence-corrected chi connectivity index (χ4v) is 4.70. The predicted molar refractivity (Wildman–Crippen MR) is 122 cm³/mol. The molecule has 4 rings (SSSR count). The molecule has 1 saturated carbocycles. The number of carbonyl (C=O) groups excluding carboxylic acids is 1. The molecule has 184 valence electrons. The highest BCUT2D eigenvalue weighted by Gasteiger charge is 2.48. The molecule has 1 unspecified atom stereocenters. The van der Waals surface area contributed by atoms with E-state index >= 15 is 0 Å². The van der Waals surface area contributed by atoms with Crippen molar-refractivity contribution in [3.63, 3.8) is 0 Å². The van der Waals surface area contributed by atoms with Crippen LogP contribution in [0, 0.1) is 6.92 Å². The van der Waals surface area contributed by atoms with E-state index < -0.39 is 30.1 Å². The van der Waals surface area contributed by atoms with Crippen LogP contribution in [0.4, 0.5) is 14.5 Å². The molecule has 0 radical (unpaired) electrons. The fraction of sp³-hybridized carbons (Fsp3) is 0.522. The van der Waals surface area contributed by atoms with Crippen LogP contribution in [0.1, 0.15) is 54.9 Å². The maximum absolute atomic E-state index is 14.7. The van der Waals surface area contributed by atoms with Crippen LogP contribution in [-0.2, 0) is 4.79 Å². The van der Waals surface area contributed by atoms with Crippen molar-refractivity contribution in [1.82, 2.24) is 15.5 Å². The number of carbonyl (C=O) groups is 2. The van der Waals surface area contributed by atoms with E-state index in [1.807, 2.05) is 0 Å². The lowest BCUT2D eigenvalue weighted by atomic mass is 9.93. The summed E-state index contributed by atoms with van der Waals surface area (Å²) in [6.45, 7) is 2.65. The zero-order valence-electron chi connectivity index (χ0n) is 19.4. The van der Waals surface area contributed by atoms with Gasteiger partial charge in [-0.25, -0.2) is 9.79 Å². The Morgan fingerprint density at radius 3 is 2.65 bits per heavy atom. The molecule has 1 aliphatic carbocycles. The van der Waals surface area contributed by atoms with Crippen LogP contribution in [0.15, 0.2) is 28.6 Å². The number of ether oxygens (including phenoxy) is 1. The van der Waals surface area contributed by atoms with Crippen molar-refractivity contribution in [3.05, 3.63) is 34.8 Å². The number of allylic oxidation sites excluding steroid dienone is 1. The molecule has 9 nitrogen and oxygen atoms in total. The molecule has 0 bridgehead atoms. The number of benzene rings is 1. The first-order valence-corrected chi connectivity index (χ1v) is 11.3. The van der Waals surface area contributed by atoms with Gasteiger partial charge in [0.15, 0.2) is 0 Å². The Hall–Kier alpha value is -3.37. The molecule has 1 atom stereocenters. The molecule has 11 heteroatoms. The van der Waals surface area contributed by atoms with Crippen molar-refractivity contribution < 1.29 is 28.2 Å². The van der Waals surface area contributed by atoms with Gasteiger partial charge >= 0.3 is 11.9 Å². The maximum atomic E-state index is 14.7. The second-order valence-electron chi connectivity index (χ2n) is 9.12. The van der Waals surface area contributed by atoms with Crippen molar-refractivity contribution in [3.8, 4) is 5.75 Å². The number of carboxylic acids is 1. The summed E-state index contributed by atoms with van der Waals surface area (Å²) in [5.74, 6) is -6.78. The van der Waals surface area contributed by atoms with Gasteiger partial charge in [0.25, 0.3) is 5.91 Å². The van der Waals surface area contributed by atoms with Gasteiger partial charge in [-0.2, -0.15) is 8.78 Å². The van der Waals surface area contributed by atoms with E-state index in [1.165, 1.54) is 19.4 Å². The molecule has 4 N–H and O–H groups in total. The first-order valence-electron chi connectivity index (χ1n) is 11.3. The average molecular weight is 478 g/mol. The number of nitrogens with one attached hydrogen (secondary N) is 3. The smallest absolute Gasteiger partial charge is 0.341 e. The lowest BCUT2D eigenvalue weighted by Crippen LogP contribution is -2.56. The zero-order valence-corrected chi connectivity index (χ0v) is 19.4. The summed E-state index contributed by atoms with van der Waals surface area (Å²) in [4.78, 5) is 30.1. The van der Waals surface area contributed by atoms with Crippen molar-refractivity contribution in [2.24, 2.45) is 4.99 Å². The van der Waals surface area contributed by atoms with Crippen LogP contribution in [0.3, 0.4) is 0 Å². The molecular formula is C23H29F2N5O4. The van der Waals surface area contributed by atoms with E-state index in [-0.39, 0.29) is 23.0 Å². The van der Waals surface area contributed by atoms with Gasteiger partial charge in [0.1, 0.15) is 17.3 Å². The van der Waals surface area contributed by atoms with E-state index in [9.17, 15) is 23.5 Å². The number of aryl methyl sites for hydroxylation is 1. The second kappa shape index (κ2) is 8.77. The number of alkyl halides is 2. The summed E-state index contributed by atoms with van der Waals surface area (Å²) >= 11 is 0. The van der Waals surface area contributed by atoms with Crippen LogP contribution in [0.2, 0.25) is 0 Å². The quantitative estimate of drug-likeness (QED) is 0.515. The number of aliphatic imine (C=N–C) groups is 1. The lowest BCUT2D eigenvalue weighted by Gasteiger charge is -2.42. The number of methoxy groups -OCH3 is 1. The van der Waals surface area contributed by atoms with Gasteiger partial charge < -0.3 is 30.7 Å². The van der Waals surface area contributed by atoms with Gasteiger partial charge in [-0.3, -0.25) is 4.79 Å². The van der Waals surface area contributed by atoms with Gasteiger partial charge in [0.05, 0.1) is 31.1 Å². The molecule has 0 spiro atoms. The molecule has 1 fully saturated rings. The first kappa shape index (κ1) is 23.8. The van der Waals surface area contributed by atoms with E-state index in [1.54, 1.807) is 24.8 Å². The Balaban J connectivity index is 1.71. The molecule has 0 aromatic heterocycles. The predicted octanol–water partition coefficient (Wildman–Crippen LogP) is 3.03. The number of rotatable bonds is 5. The van der Waals surface area contributed by atoms with Gasteiger partial charge in [0.2, 0.25) is 5.79 Å². The van der Waals surface area contributed by atoms with Gasteiger partial charge in [-0.05, 0) is 44.4 Å². The number of halogens is 2. The molecule has 1 amide bonds. The molecular weight excluding hydrogens is 448 g/mol. The summed E-state index contributed by atoms with van der Waals surface area (Å²) in [6, 6.07) is 3.04. The van der Waals surface area contributed by atoms with E-state index in [0.717, 1.165) is 32.1 Å². The van der Waals surface area contributed by atoms with Crippen LogP contribution in [0.25, 0.3) is 0 Å². The normalized spacial score (nSPS) is 24.6. The molecule has 0 saturated heterocycles. The SMILES string of the molecule is COc1cc(C)cc(C(=O)O)c1NC1(C)N=CC2=C(N1)N(C1CCCCC1)CC(F)(F)C(=O)N2. The highest BCUT2D eigenvalue weighted by atomic mass is 19.3. The Morgan fingerprint density at radius 2 is 2.00 bits per heavy atom. The number of hydrogen-bond donors (Lipinski definition) is 4. The third-order valence-corrected chi connectivity index (χ3v) is 6.39. The molecule has 2 aliphatic heterocycles. The summed E-state index contributed by atoms with van der Waals surface area (Å²) < 4.78 is 34.7. The standard InChI is InChI=1S/C23H29F2N5O4/c1-13-9-15(20(31)32)18(17(10-13)34-3)28-22(2)26-11-16-19(29-22)30(14-7-5-4-6-8-14)12-23(24,25)21(33)27-16/h9-11,14,28-29H,4-8,12H2,1-3H3,(H,27,33)(H,31,32).